The van der Waals surface area contributed by atoms with E-state index < -0.39 is 0 Å². The third-order valence-corrected chi connectivity index (χ3v) is 3.84. The summed E-state index contributed by atoms with van der Waals surface area (Å²) in [6.45, 7) is 4.21. The minimum Gasteiger partial charge on any atom is -0.366 e. The molecule has 6 heteroatoms. The van der Waals surface area contributed by atoms with Crippen LogP contribution in [0.15, 0.2) is 24.3 Å². The fraction of sp³-hybridized carbons (Fsp3) is 0.357. The SMILES string of the molecule is CNC(=O)c1ccc(NC(C)Cc2ccc(C)s2)nn1. The average Bonchev–Trinajstić information content (AvgIpc) is 2.84. The van der Waals surface area contributed by atoms with Crippen LogP contribution in [0.2, 0.25) is 0 Å². The highest BCUT2D eigenvalue weighted by atomic mass is 32.1. The number of thiophene rings is 1. The van der Waals surface area contributed by atoms with Crippen LogP contribution < -0.4 is 10.6 Å². The Labute approximate surface area is 122 Å². The number of hydrogen-bond acceptors (Lipinski definition) is 5. The van der Waals surface area contributed by atoms with Crippen molar-refractivity contribution in [2.24, 2.45) is 0 Å². The number of nitrogens with zero attached hydrogens (tertiary/aromatic N) is 2. The van der Waals surface area contributed by atoms with Crippen LogP contribution in [0, 0.1) is 6.92 Å². The maximum Gasteiger partial charge on any atom is 0.271 e. The summed E-state index contributed by atoms with van der Waals surface area (Å²) < 4.78 is 0. The van der Waals surface area contributed by atoms with Gasteiger partial charge in [-0.1, -0.05) is 0 Å². The Morgan fingerprint density at radius 3 is 2.65 bits per heavy atom. The van der Waals surface area contributed by atoms with Gasteiger partial charge in [0.25, 0.3) is 5.91 Å². The van der Waals surface area contributed by atoms with Crippen LogP contribution in [0.1, 0.15) is 27.2 Å². The van der Waals surface area contributed by atoms with Gasteiger partial charge in [-0.05, 0) is 38.1 Å². The molecule has 0 saturated carbocycles. The fourth-order valence-electron chi connectivity index (χ4n) is 1.86. The Hall–Kier alpha value is -1.95. The summed E-state index contributed by atoms with van der Waals surface area (Å²) in [7, 11) is 1.57. The molecule has 106 valence electrons. The van der Waals surface area contributed by atoms with Crippen LogP contribution >= 0.6 is 11.3 Å². The molecular weight excluding hydrogens is 272 g/mol. The quantitative estimate of drug-likeness (QED) is 0.886. The molecule has 2 aromatic heterocycles. The maximum absolute atomic E-state index is 11.4. The molecule has 0 aliphatic carbocycles. The molecule has 2 N–H and O–H groups in total. The number of hydrogen-bond donors (Lipinski definition) is 2. The van der Waals surface area contributed by atoms with Crippen LogP contribution in [0.25, 0.3) is 0 Å². The number of aryl methyl sites for hydroxylation is 1. The molecule has 1 atom stereocenters. The lowest BCUT2D eigenvalue weighted by Crippen LogP contribution is -2.21. The Morgan fingerprint density at radius 2 is 2.10 bits per heavy atom. The first kappa shape index (κ1) is 14.5. The van der Waals surface area contributed by atoms with Crippen molar-refractivity contribution >= 4 is 23.1 Å². The largest absolute Gasteiger partial charge is 0.366 e. The lowest BCUT2D eigenvalue weighted by atomic mass is 10.2. The molecule has 2 rings (SSSR count). The Kier molecular flexibility index (Phi) is 4.68. The molecular formula is C14H18N4OS. The minimum absolute atomic E-state index is 0.230. The number of carbonyl (C=O) groups is 1. The molecule has 2 aromatic rings. The van der Waals surface area contributed by atoms with Crippen LogP contribution in [-0.4, -0.2) is 29.2 Å². The van der Waals surface area contributed by atoms with Crippen LogP contribution in [0.4, 0.5) is 5.82 Å². The predicted molar refractivity (Wildman–Crippen MR) is 81.3 cm³/mol. The Balaban J connectivity index is 1.94. The molecule has 0 saturated heterocycles. The highest BCUT2D eigenvalue weighted by Crippen LogP contribution is 2.17. The van der Waals surface area contributed by atoms with Gasteiger partial charge < -0.3 is 10.6 Å². The van der Waals surface area contributed by atoms with Gasteiger partial charge in [0.05, 0.1) is 0 Å². The van der Waals surface area contributed by atoms with Crippen molar-refractivity contribution in [2.75, 3.05) is 12.4 Å². The zero-order chi connectivity index (χ0) is 14.5. The van der Waals surface area contributed by atoms with E-state index in [2.05, 4.69) is 46.8 Å². The summed E-state index contributed by atoms with van der Waals surface area (Å²) in [6, 6.07) is 7.97. The fourth-order valence-corrected chi connectivity index (χ4v) is 2.88. The lowest BCUT2D eigenvalue weighted by Gasteiger charge is -2.13. The summed E-state index contributed by atoms with van der Waals surface area (Å²) in [5.41, 5.74) is 0.319. The van der Waals surface area contributed by atoms with Crippen molar-refractivity contribution in [1.82, 2.24) is 15.5 Å². The van der Waals surface area contributed by atoms with E-state index in [4.69, 9.17) is 0 Å². The van der Waals surface area contributed by atoms with E-state index in [-0.39, 0.29) is 11.9 Å². The maximum atomic E-state index is 11.4. The molecule has 0 fully saturated rings. The predicted octanol–water partition coefficient (Wildman–Crippen LogP) is 2.25. The molecule has 0 aliphatic rings. The second-order valence-corrected chi connectivity index (χ2v) is 6.02. The molecule has 1 amide bonds. The van der Waals surface area contributed by atoms with Crippen LogP contribution in [-0.2, 0) is 6.42 Å². The molecule has 20 heavy (non-hydrogen) atoms. The molecule has 0 radical (unpaired) electrons. The van der Waals surface area contributed by atoms with Gasteiger partial charge in [-0.25, -0.2) is 0 Å². The number of carbonyl (C=O) groups excluding carboxylic acids is 1. The number of amides is 1. The monoisotopic (exact) mass is 290 g/mol. The zero-order valence-electron chi connectivity index (χ0n) is 11.8. The van der Waals surface area contributed by atoms with Crippen LogP contribution in [0.5, 0.6) is 0 Å². The first-order valence-electron chi connectivity index (χ1n) is 6.46. The van der Waals surface area contributed by atoms with Crippen molar-refractivity contribution in [3.05, 3.63) is 39.7 Å². The van der Waals surface area contributed by atoms with E-state index in [0.29, 0.717) is 11.5 Å². The van der Waals surface area contributed by atoms with Gasteiger partial charge in [0.1, 0.15) is 5.82 Å². The Bertz CT molecular complexity index is 579. The average molecular weight is 290 g/mol. The minimum atomic E-state index is -0.230. The zero-order valence-corrected chi connectivity index (χ0v) is 12.6. The second kappa shape index (κ2) is 6.47. The number of anilines is 1. The van der Waals surface area contributed by atoms with Gasteiger partial charge in [-0.3, -0.25) is 4.79 Å². The summed E-state index contributed by atoms with van der Waals surface area (Å²) in [5.74, 6) is 0.449. The molecule has 0 spiro atoms. The number of rotatable bonds is 5. The number of aromatic nitrogens is 2. The van der Waals surface area contributed by atoms with Gasteiger partial charge >= 0.3 is 0 Å². The van der Waals surface area contributed by atoms with Crippen molar-refractivity contribution in [3.63, 3.8) is 0 Å². The van der Waals surface area contributed by atoms with Crippen molar-refractivity contribution in [1.29, 1.82) is 0 Å². The van der Waals surface area contributed by atoms with Crippen LogP contribution in [0.3, 0.4) is 0 Å². The van der Waals surface area contributed by atoms with Crippen molar-refractivity contribution < 1.29 is 4.79 Å². The molecule has 0 bridgehead atoms. The van der Waals surface area contributed by atoms with E-state index in [0.717, 1.165) is 6.42 Å². The second-order valence-electron chi connectivity index (χ2n) is 4.64. The first-order chi connectivity index (χ1) is 9.58. The standard InChI is InChI=1S/C14H18N4OS/c1-9(8-11-5-4-10(2)20-11)16-13-7-6-12(17-18-13)14(19)15-3/h4-7,9H,8H2,1-3H3,(H,15,19)(H,16,18). The van der Waals surface area contributed by atoms with E-state index in [1.54, 1.807) is 19.2 Å². The van der Waals surface area contributed by atoms with E-state index in [1.807, 2.05) is 11.3 Å². The Morgan fingerprint density at radius 1 is 1.30 bits per heavy atom. The van der Waals surface area contributed by atoms with E-state index in [1.165, 1.54) is 9.75 Å². The molecule has 0 aromatic carbocycles. The van der Waals surface area contributed by atoms with Gasteiger partial charge in [0.2, 0.25) is 0 Å². The van der Waals surface area contributed by atoms with Gasteiger partial charge in [0.15, 0.2) is 5.69 Å². The number of nitrogens with one attached hydrogen (secondary N) is 2. The summed E-state index contributed by atoms with van der Waals surface area (Å²) in [4.78, 5) is 14.0. The molecule has 0 aliphatic heterocycles. The highest BCUT2D eigenvalue weighted by Gasteiger charge is 2.08. The van der Waals surface area contributed by atoms with Gasteiger partial charge in [0, 0.05) is 29.3 Å². The molecule has 2 heterocycles. The third kappa shape index (κ3) is 3.77. The normalized spacial score (nSPS) is 11.9. The smallest absolute Gasteiger partial charge is 0.271 e. The lowest BCUT2D eigenvalue weighted by molar-refractivity contribution is 0.0957. The summed E-state index contributed by atoms with van der Waals surface area (Å²) in [6.07, 6.45) is 0.942. The van der Waals surface area contributed by atoms with Crippen molar-refractivity contribution in [2.45, 2.75) is 26.3 Å². The third-order valence-electron chi connectivity index (χ3n) is 2.82. The van der Waals surface area contributed by atoms with Gasteiger partial charge in [-0.2, -0.15) is 0 Å². The first-order valence-corrected chi connectivity index (χ1v) is 7.28. The van der Waals surface area contributed by atoms with Gasteiger partial charge in [-0.15, -0.1) is 21.5 Å². The summed E-state index contributed by atoms with van der Waals surface area (Å²) in [5, 5.41) is 13.7. The topological polar surface area (TPSA) is 66.9 Å². The van der Waals surface area contributed by atoms with E-state index >= 15 is 0 Å². The van der Waals surface area contributed by atoms with E-state index in [9.17, 15) is 4.79 Å². The summed E-state index contributed by atoms with van der Waals surface area (Å²) >= 11 is 1.81. The molecule has 1 unspecified atom stereocenters. The molecule has 5 nitrogen and oxygen atoms in total. The highest BCUT2D eigenvalue weighted by molar-refractivity contribution is 7.11. The van der Waals surface area contributed by atoms with Crippen molar-refractivity contribution in [3.8, 4) is 0 Å².